The minimum absolute atomic E-state index is 0.763. The standard InChI is InChI=1S/C13H29N3/c1-12(2)11-14-7-10-16-8-5-13(6-9-16)15(3)4/h12-14H,5-11H2,1-4H3. The van der Waals surface area contributed by atoms with Gasteiger partial charge in [0.1, 0.15) is 0 Å². The molecule has 0 amide bonds. The highest BCUT2D eigenvalue weighted by molar-refractivity contribution is 4.77. The Balaban J connectivity index is 2.04. The lowest BCUT2D eigenvalue weighted by Crippen LogP contribution is -2.44. The van der Waals surface area contributed by atoms with Crippen molar-refractivity contribution in [3.63, 3.8) is 0 Å². The van der Waals surface area contributed by atoms with Crippen LogP contribution in [-0.2, 0) is 0 Å². The van der Waals surface area contributed by atoms with Crippen LogP contribution in [0.2, 0.25) is 0 Å². The Hall–Kier alpha value is -0.120. The summed E-state index contributed by atoms with van der Waals surface area (Å²) in [4.78, 5) is 4.96. The molecule has 1 aliphatic rings. The molecule has 96 valence electrons. The van der Waals surface area contributed by atoms with Crippen LogP contribution in [0, 0.1) is 5.92 Å². The third-order valence-corrected chi connectivity index (χ3v) is 3.44. The van der Waals surface area contributed by atoms with Crippen molar-refractivity contribution in [2.24, 2.45) is 5.92 Å². The summed E-state index contributed by atoms with van der Waals surface area (Å²) in [5.74, 6) is 0.763. The second-order valence-electron chi connectivity index (χ2n) is 5.63. The van der Waals surface area contributed by atoms with Gasteiger partial charge in [0.15, 0.2) is 0 Å². The SMILES string of the molecule is CC(C)CNCCN1CCC(N(C)C)CC1. The zero-order valence-corrected chi connectivity index (χ0v) is 11.5. The number of rotatable bonds is 6. The second-order valence-corrected chi connectivity index (χ2v) is 5.63. The summed E-state index contributed by atoms with van der Waals surface area (Å²) in [5.41, 5.74) is 0. The molecule has 0 saturated carbocycles. The van der Waals surface area contributed by atoms with Crippen LogP contribution in [0.3, 0.4) is 0 Å². The van der Waals surface area contributed by atoms with Gasteiger partial charge in [-0.1, -0.05) is 13.8 Å². The Morgan fingerprint density at radius 2 is 1.88 bits per heavy atom. The zero-order chi connectivity index (χ0) is 12.0. The fourth-order valence-corrected chi connectivity index (χ4v) is 2.29. The highest BCUT2D eigenvalue weighted by Crippen LogP contribution is 2.13. The van der Waals surface area contributed by atoms with E-state index in [4.69, 9.17) is 0 Å². The van der Waals surface area contributed by atoms with Crippen LogP contribution in [-0.4, -0.2) is 62.7 Å². The second kappa shape index (κ2) is 7.25. The number of nitrogens with one attached hydrogen (secondary N) is 1. The Bertz CT molecular complexity index is 172. The molecule has 3 heteroatoms. The Morgan fingerprint density at radius 1 is 1.25 bits per heavy atom. The van der Waals surface area contributed by atoms with Crippen LogP contribution in [0.15, 0.2) is 0 Å². The van der Waals surface area contributed by atoms with Crippen molar-refractivity contribution < 1.29 is 0 Å². The van der Waals surface area contributed by atoms with Crippen molar-refractivity contribution in [3.8, 4) is 0 Å². The molecule has 0 aliphatic carbocycles. The van der Waals surface area contributed by atoms with Gasteiger partial charge in [-0.05, 0) is 52.5 Å². The van der Waals surface area contributed by atoms with Gasteiger partial charge >= 0.3 is 0 Å². The predicted octanol–water partition coefficient (Wildman–Crippen LogP) is 1.26. The molecule has 0 bridgehead atoms. The molecule has 0 unspecified atom stereocenters. The molecule has 1 heterocycles. The van der Waals surface area contributed by atoms with Gasteiger partial charge in [-0.25, -0.2) is 0 Å². The molecular formula is C13H29N3. The van der Waals surface area contributed by atoms with Crippen LogP contribution in [0.25, 0.3) is 0 Å². The average molecular weight is 227 g/mol. The van der Waals surface area contributed by atoms with Crippen molar-refractivity contribution in [1.82, 2.24) is 15.1 Å². The van der Waals surface area contributed by atoms with Crippen LogP contribution in [0.5, 0.6) is 0 Å². The molecule has 1 rings (SSSR count). The molecule has 3 nitrogen and oxygen atoms in total. The van der Waals surface area contributed by atoms with E-state index >= 15 is 0 Å². The van der Waals surface area contributed by atoms with Crippen molar-refractivity contribution in [3.05, 3.63) is 0 Å². The van der Waals surface area contributed by atoms with E-state index in [9.17, 15) is 0 Å². The van der Waals surface area contributed by atoms with Gasteiger partial charge < -0.3 is 15.1 Å². The quantitative estimate of drug-likeness (QED) is 0.689. The molecular weight excluding hydrogens is 198 g/mol. The molecule has 0 aromatic rings. The van der Waals surface area contributed by atoms with E-state index in [-0.39, 0.29) is 0 Å². The lowest BCUT2D eigenvalue weighted by Gasteiger charge is -2.35. The summed E-state index contributed by atoms with van der Waals surface area (Å²) in [5, 5.41) is 3.51. The van der Waals surface area contributed by atoms with E-state index in [0.717, 1.165) is 25.0 Å². The van der Waals surface area contributed by atoms with Crippen molar-refractivity contribution >= 4 is 0 Å². The van der Waals surface area contributed by atoms with E-state index in [1.54, 1.807) is 0 Å². The lowest BCUT2D eigenvalue weighted by atomic mass is 10.0. The maximum Gasteiger partial charge on any atom is 0.0113 e. The maximum absolute atomic E-state index is 3.51. The van der Waals surface area contributed by atoms with Crippen LogP contribution >= 0.6 is 0 Å². The van der Waals surface area contributed by atoms with E-state index in [0.29, 0.717) is 0 Å². The normalized spacial score (nSPS) is 19.9. The largest absolute Gasteiger partial charge is 0.315 e. The first-order valence-electron chi connectivity index (χ1n) is 6.69. The topological polar surface area (TPSA) is 18.5 Å². The number of hydrogen-bond acceptors (Lipinski definition) is 3. The fourth-order valence-electron chi connectivity index (χ4n) is 2.29. The van der Waals surface area contributed by atoms with Crippen LogP contribution < -0.4 is 5.32 Å². The average Bonchev–Trinajstić information content (AvgIpc) is 2.25. The van der Waals surface area contributed by atoms with Gasteiger partial charge in [-0.3, -0.25) is 0 Å². The van der Waals surface area contributed by atoms with E-state index in [1.807, 2.05) is 0 Å². The van der Waals surface area contributed by atoms with Crippen molar-refractivity contribution in [1.29, 1.82) is 0 Å². The maximum atomic E-state index is 3.51. The number of likely N-dealkylation sites (tertiary alicyclic amines) is 1. The van der Waals surface area contributed by atoms with Crippen molar-refractivity contribution in [2.75, 3.05) is 46.8 Å². The molecule has 0 aromatic carbocycles. The Morgan fingerprint density at radius 3 is 2.38 bits per heavy atom. The minimum atomic E-state index is 0.763. The van der Waals surface area contributed by atoms with Gasteiger partial charge in [0, 0.05) is 19.1 Å². The van der Waals surface area contributed by atoms with Gasteiger partial charge in [-0.2, -0.15) is 0 Å². The summed E-state index contributed by atoms with van der Waals surface area (Å²) in [6, 6.07) is 0.805. The number of hydrogen-bond donors (Lipinski definition) is 1. The zero-order valence-electron chi connectivity index (χ0n) is 11.5. The van der Waals surface area contributed by atoms with Gasteiger partial charge in [0.2, 0.25) is 0 Å². The highest BCUT2D eigenvalue weighted by Gasteiger charge is 2.19. The van der Waals surface area contributed by atoms with Gasteiger partial charge in [0.05, 0.1) is 0 Å². The van der Waals surface area contributed by atoms with E-state index < -0.39 is 0 Å². The van der Waals surface area contributed by atoms with E-state index in [1.165, 1.54) is 32.5 Å². The molecule has 1 saturated heterocycles. The molecule has 0 aromatic heterocycles. The molecule has 0 radical (unpaired) electrons. The number of piperidine rings is 1. The smallest absolute Gasteiger partial charge is 0.0113 e. The fraction of sp³-hybridized carbons (Fsp3) is 1.00. The summed E-state index contributed by atoms with van der Waals surface area (Å²) >= 11 is 0. The first-order chi connectivity index (χ1) is 7.59. The molecule has 1 fully saturated rings. The van der Waals surface area contributed by atoms with Crippen molar-refractivity contribution in [2.45, 2.75) is 32.7 Å². The first-order valence-corrected chi connectivity index (χ1v) is 6.69. The summed E-state index contributed by atoms with van der Waals surface area (Å²) in [6.07, 6.45) is 2.66. The molecule has 1 aliphatic heterocycles. The summed E-state index contributed by atoms with van der Waals surface area (Å²) in [7, 11) is 4.40. The molecule has 1 N–H and O–H groups in total. The molecule has 16 heavy (non-hydrogen) atoms. The lowest BCUT2D eigenvalue weighted by molar-refractivity contribution is 0.145. The van der Waals surface area contributed by atoms with Gasteiger partial charge in [0.25, 0.3) is 0 Å². The van der Waals surface area contributed by atoms with E-state index in [2.05, 4.69) is 43.1 Å². The highest BCUT2D eigenvalue weighted by atomic mass is 15.2. The van der Waals surface area contributed by atoms with Gasteiger partial charge in [-0.15, -0.1) is 0 Å². The summed E-state index contributed by atoms with van der Waals surface area (Å²) < 4.78 is 0. The third-order valence-electron chi connectivity index (χ3n) is 3.44. The first kappa shape index (κ1) is 13.9. The Kier molecular flexibility index (Phi) is 6.32. The monoisotopic (exact) mass is 227 g/mol. The Labute approximate surface area is 101 Å². The third kappa shape index (κ3) is 5.28. The predicted molar refractivity (Wildman–Crippen MR) is 70.9 cm³/mol. The summed E-state index contributed by atoms with van der Waals surface area (Å²) in [6.45, 7) is 10.6. The minimum Gasteiger partial charge on any atom is -0.315 e. The number of nitrogens with zero attached hydrogens (tertiary/aromatic N) is 2. The van der Waals surface area contributed by atoms with Crippen LogP contribution in [0.4, 0.5) is 0 Å². The van der Waals surface area contributed by atoms with Crippen LogP contribution in [0.1, 0.15) is 26.7 Å². The molecule has 0 atom stereocenters. The molecule has 0 spiro atoms.